The number of carboxylic acids is 1. The molecule has 7 heteroatoms. The van der Waals surface area contributed by atoms with Gasteiger partial charge in [-0.05, 0) is 17.7 Å². The highest BCUT2D eigenvalue weighted by molar-refractivity contribution is 6.30. The fraction of sp³-hybridized carbons (Fsp3) is 0.294. The van der Waals surface area contributed by atoms with Gasteiger partial charge in [0.15, 0.2) is 0 Å². The minimum Gasteiger partial charge on any atom is -0.481 e. The molecule has 24 heavy (non-hydrogen) atoms. The molecule has 2 atom stereocenters. The number of aliphatic carboxylic acids is 1. The Morgan fingerprint density at radius 1 is 1.17 bits per heavy atom. The lowest BCUT2D eigenvalue weighted by molar-refractivity contribution is -0.141. The van der Waals surface area contributed by atoms with Crippen LogP contribution in [-0.2, 0) is 11.3 Å². The molecule has 0 unspecified atom stereocenters. The lowest BCUT2D eigenvalue weighted by atomic mass is 9.93. The highest BCUT2D eigenvalue weighted by Gasteiger charge is 2.39. The lowest BCUT2D eigenvalue weighted by Crippen LogP contribution is -2.23. The van der Waals surface area contributed by atoms with E-state index in [4.69, 9.17) is 11.6 Å². The van der Waals surface area contributed by atoms with Gasteiger partial charge in [-0.15, -0.1) is 24.8 Å². The van der Waals surface area contributed by atoms with Crippen LogP contribution in [0.25, 0.3) is 0 Å². The van der Waals surface area contributed by atoms with Crippen molar-refractivity contribution in [3.05, 3.63) is 64.9 Å². The fourth-order valence-corrected chi connectivity index (χ4v) is 3.12. The standard InChI is InChI=1S/C17H17ClN2O2.2ClH/c18-13-6-7-16(19-8-13)14-10-20(11-15(14)17(21)22)9-12-4-2-1-3-5-12;;/h1-8,14-15H,9-11H2,(H,21,22);2*1H/t14-,15-;;/m1../s1. The van der Waals surface area contributed by atoms with E-state index in [-0.39, 0.29) is 30.7 Å². The second kappa shape index (κ2) is 9.23. The third-order valence-electron chi connectivity index (χ3n) is 4.09. The van der Waals surface area contributed by atoms with Gasteiger partial charge in [0.05, 0.1) is 10.9 Å². The average Bonchev–Trinajstić information content (AvgIpc) is 2.93. The molecule has 130 valence electrons. The molecule has 0 saturated carbocycles. The highest BCUT2D eigenvalue weighted by Crippen LogP contribution is 2.33. The number of aromatic nitrogens is 1. The van der Waals surface area contributed by atoms with Gasteiger partial charge in [-0.2, -0.15) is 0 Å². The zero-order valence-electron chi connectivity index (χ0n) is 12.8. The van der Waals surface area contributed by atoms with Gasteiger partial charge >= 0.3 is 5.97 Å². The normalized spacial score (nSPS) is 20.0. The van der Waals surface area contributed by atoms with Gasteiger partial charge in [0.1, 0.15) is 0 Å². The van der Waals surface area contributed by atoms with E-state index < -0.39 is 11.9 Å². The molecule has 1 fully saturated rings. The first-order valence-electron chi connectivity index (χ1n) is 7.24. The summed E-state index contributed by atoms with van der Waals surface area (Å²) >= 11 is 5.86. The van der Waals surface area contributed by atoms with Crippen molar-refractivity contribution in [1.82, 2.24) is 9.88 Å². The molecule has 1 saturated heterocycles. The van der Waals surface area contributed by atoms with Gasteiger partial charge in [-0.3, -0.25) is 14.7 Å². The van der Waals surface area contributed by atoms with E-state index in [1.54, 1.807) is 12.3 Å². The number of hydrogen-bond acceptors (Lipinski definition) is 3. The molecule has 0 amide bonds. The molecule has 0 spiro atoms. The molecular formula is C17H19Cl3N2O2. The second-order valence-corrected chi connectivity index (χ2v) is 6.07. The lowest BCUT2D eigenvalue weighted by Gasteiger charge is -2.15. The maximum absolute atomic E-state index is 11.6. The summed E-state index contributed by atoms with van der Waals surface area (Å²) in [5.74, 6) is -1.30. The Balaban J connectivity index is 0.00000144. The molecule has 3 rings (SSSR count). The molecule has 2 heterocycles. The van der Waals surface area contributed by atoms with Gasteiger partial charge in [0.2, 0.25) is 0 Å². The van der Waals surface area contributed by atoms with Crippen LogP contribution in [0, 0.1) is 5.92 Å². The Labute approximate surface area is 158 Å². The molecule has 4 nitrogen and oxygen atoms in total. The fourth-order valence-electron chi connectivity index (χ4n) is 3.01. The van der Waals surface area contributed by atoms with Crippen molar-refractivity contribution in [1.29, 1.82) is 0 Å². The number of carboxylic acid groups (broad SMARTS) is 1. The summed E-state index contributed by atoms with van der Waals surface area (Å²) in [6.07, 6.45) is 1.58. The second-order valence-electron chi connectivity index (χ2n) is 5.63. The summed E-state index contributed by atoms with van der Waals surface area (Å²) in [7, 11) is 0. The van der Waals surface area contributed by atoms with Crippen LogP contribution in [0.2, 0.25) is 5.02 Å². The average molecular weight is 390 g/mol. The predicted molar refractivity (Wildman–Crippen MR) is 99.3 cm³/mol. The number of likely N-dealkylation sites (tertiary alicyclic amines) is 1. The monoisotopic (exact) mass is 388 g/mol. The Bertz CT molecular complexity index is 653. The molecule has 1 aliphatic heterocycles. The smallest absolute Gasteiger partial charge is 0.308 e. The van der Waals surface area contributed by atoms with Crippen molar-refractivity contribution in [2.75, 3.05) is 13.1 Å². The number of benzene rings is 1. The molecule has 1 N–H and O–H groups in total. The molecule has 2 aromatic rings. The van der Waals surface area contributed by atoms with Crippen molar-refractivity contribution < 1.29 is 9.90 Å². The number of pyridine rings is 1. The first-order chi connectivity index (χ1) is 10.6. The summed E-state index contributed by atoms with van der Waals surface area (Å²) in [5.41, 5.74) is 1.99. The maximum Gasteiger partial charge on any atom is 0.308 e. The van der Waals surface area contributed by atoms with Gasteiger partial charge < -0.3 is 5.11 Å². The van der Waals surface area contributed by atoms with Crippen LogP contribution in [0.3, 0.4) is 0 Å². The van der Waals surface area contributed by atoms with Crippen molar-refractivity contribution >= 4 is 42.4 Å². The van der Waals surface area contributed by atoms with E-state index in [9.17, 15) is 9.90 Å². The minimum atomic E-state index is -0.766. The van der Waals surface area contributed by atoms with Crippen LogP contribution in [0.1, 0.15) is 17.2 Å². The van der Waals surface area contributed by atoms with E-state index in [0.717, 1.165) is 12.2 Å². The third-order valence-corrected chi connectivity index (χ3v) is 4.32. The van der Waals surface area contributed by atoms with Crippen LogP contribution in [0.15, 0.2) is 48.7 Å². The van der Waals surface area contributed by atoms with E-state index >= 15 is 0 Å². The molecule has 1 aliphatic rings. The maximum atomic E-state index is 11.6. The summed E-state index contributed by atoms with van der Waals surface area (Å²) < 4.78 is 0. The first kappa shape index (κ1) is 20.7. The summed E-state index contributed by atoms with van der Waals surface area (Å²) in [5, 5.41) is 10.1. The van der Waals surface area contributed by atoms with Crippen molar-refractivity contribution in [3.63, 3.8) is 0 Å². The highest BCUT2D eigenvalue weighted by atomic mass is 35.5. The van der Waals surface area contributed by atoms with E-state index in [1.807, 2.05) is 24.3 Å². The van der Waals surface area contributed by atoms with Crippen molar-refractivity contribution in [2.24, 2.45) is 5.92 Å². The van der Waals surface area contributed by atoms with Crippen LogP contribution in [-0.4, -0.2) is 34.0 Å². The van der Waals surface area contributed by atoms with Crippen LogP contribution in [0.5, 0.6) is 0 Å². The number of halogens is 3. The molecular weight excluding hydrogens is 371 g/mol. The Hall–Kier alpha value is -1.33. The summed E-state index contributed by atoms with van der Waals surface area (Å²) in [6, 6.07) is 13.7. The molecule has 0 bridgehead atoms. The first-order valence-corrected chi connectivity index (χ1v) is 7.62. The van der Waals surface area contributed by atoms with Crippen LogP contribution in [0.4, 0.5) is 0 Å². The van der Waals surface area contributed by atoms with Gasteiger partial charge in [0.25, 0.3) is 0 Å². The molecule has 1 aromatic carbocycles. The number of carbonyl (C=O) groups is 1. The molecule has 0 aliphatic carbocycles. The third kappa shape index (κ3) is 4.84. The van der Waals surface area contributed by atoms with E-state index in [0.29, 0.717) is 18.1 Å². The molecule has 1 aromatic heterocycles. The van der Waals surface area contributed by atoms with E-state index in [2.05, 4.69) is 22.0 Å². The number of rotatable bonds is 4. The number of nitrogens with zero attached hydrogens (tertiary/aromatic N) is 2. The topological polar surface area (TPSA) is 53.4 Å². The van der Waals surface area contributed by atoms with Gasteiger partial charge in [-0.1, -0.05) is 41.9 Å². The zero-order valence-corrected chi connectivity index (χ0v) is 15.2. The van der Waals surface area contributed by atoms with Crippen molar-refractivity contribution in [2.45, 2.75) is 12.5 Å². The SMILES string of the molecule is Cl.Cl.O=C(O)[C@@H]1CN(Cc2ccccc2)C[C@H]1c1ccc(Cl)cn1. The molecule has 0 radical (unpaired) electrons. The largest absolute Gasteiger partial charge is 0.481 e. The number of hydrogen-bond donors (Lipinski definition) is 1. The Kier molecular flexibility index (Phi) is 7.97. The van der Waals surface area contributed by atoms with Crippen molar-refractivity contribution in [3.8, 4) is 0 Å². The quantitative estimate of drug-likeness (QED) is 0.862. The van der Waals surface area contributed by atoms with Crippen LogP contribution >= 0.6 is 36.4 Å². The predicted octanol–water partition coefficient (Wildman–Crippen LogP) is 3.88. The summed E-state index contributed by atoms with van der Waals surface area (Å²) in [4.78, 5) is 18.1. The zero-order chi connectivity index (χ0) is 15.5. The minimum absolute atomic E-state index is 0. The Morgan fingerprint density at radius 2 is 1.88 bits per heavy atom. The van der Waals surface area contributed by atoms with Gasteiger partial charge in [-0.25, -0.2) is 0 Å². The van der Waals surface area contributed by atoms with Gasteiger partial charge in [0, 0.05) is 37.4 Å². The Morgan fingerprint density at radius 3 is 2.46 bits per heavy atom. The summed E-state index contributed by atoms with van der Waals surface area (Å²) in [6.45, 7) is 1.99. The van der Waals surface area contributed by atoms with E-state index in [1.165, 1.54) is 5.56 Å². The van der Waals surface area contributed by atoms with Crippen LogP contribution < -0.4 is 0 Å².